The van der Waals surface area contributed by atoms with Crippen LogP contribution in [0.4, 0.5) is 0 Å². The molecule has 1 N–H and O–H groups in total. The highest BCUT2D eigenvalue weighted by Crippen LogP contribution is 2.22. The SMILES string of the molecule is COc1cccc(CC(=O)N2CCN(CCC(=O)NC(c3ccccc3)c3ccccc3)CC2)c1. The molecular weight excluding hydrogens is 438 g/mol. The number of carbonyl (C=O) groups excluding carboxylic acids is 2. The first kappa shape index (κ1) is 24.5. The molecule has 6 heteroatoms. The van der Waals surface area contributed by atoms with E-state index in [1.54, 1.807) is 7.11 Å². The second-order valence-electron chi connectivity index (χ2n) is 8.82. The van der Waals surface area contributed by atoms with Crippen molar-refractivity contribution in [1.29, 1.82) is 0 Å². The standard InChI is InChI=1S/C29H33N3O3/c1-35-26-14-8-9-23(21-26)22-28(34)32-19-17-31(18-20-32)16-15-27(33)30-29(24-10-4-2-5-11-24)25-12-6-3-7-13-25/h2-14,21,29H,15-20,22H2,1H3,(H,30,33). The van der Waals surface area contributed by atoms with E-state index in [9.17, 15) is 9.59 Å². The van der Waals surface area contributed by atoms with E-state index in [-0.39, 0.29) is 17.9 Å². The molecule has 0 bridgehead atoms. The molecule has 1 fully saturated rings. The molecule has 6 nitrogen and oxygen atoms in total. The van der Waals surface area contributed by atoms with E-state index in [0.717, 1.165) is 35.5 Å². The number of benzene rings is 3. The van der Waals surface area contributed by atoms with Gasteiger partial charge in [-0.15, -0.1) is 0 Å². The molecular formula is C29H33N3O3. The lowest BCUT2D eigenvalue weighted by Gasteiger charge is -2.34. The van der Waals surface area contributed by atoms with E-state index < -0.39 is 0 Å². The summed E-state index contributed by atoms with van der Waals surface area (Å²) >= 11 is 0. The van der Waals surface area contributed by atoms with E-state index in [1.165, 1.54) is 0 Å². The number of carbonyl (C=O) groups is 2. The largest absolute Gasteiger partial charge is 0.497 e. The number of methoxy groups -OCH3 is 1. The third kappa shape index (κ3) is 6.93. The molecule has 4 rings (SSSR count). The second-order valence-corrected chi connectivity index (χ2v) is 8.82. The Kier molecular flexibility index (Phi) is 8.52. The van der Waals surface area contributed by atoms with Crippen LogP contribution in [0.15, 0.2) is 84.9 Å². The van der Waals surface area contributed by atoms with Crippen LogP contribution in [0.25, 0.3) is 0 Å². The summed E-state index contributed by atoms with van der Waals surface area (Å²) in [6.07, 6.45) is 0.799. The molecule has 182 valence electrons. The number of ether oxygens (including phenoxy) is 1. The molecule has 1 aliphatic rings. The molecule has 0 saturated carbocycles. The Bertz CT molecular complexity index is 1060. The van der Waals surface area contributed by atoms with E-state index in [0.29, 0.717) is 32.5 Å². The van der Waals surface area contributed by atoms with Gasteiger partial charge >= 0.3 is 0 Å². The van der Waals surface area contributed by atoms with Crippen LogP contribution in [0.5, 0.6) is 5.75 Å². The molecule has 3 aromatic rings. The van der Waals surface area contributed by atoms with Gasteiger partial charge in [-0.2, -0.15) is 0 Å². The minimum atomic E-state index is -0.170. The summed E-state index contributed by atoms with van der Waals surface area (Å²) in [5.41, 5.74) is 3.09. The zero-order valence-corrected chi connectivity index (χ0v) is 20.2. The van der Waals surface area contributed by atoms with Crippen molar-refractivity contribution in [1.82, 2.24) is 15.1 Å². The average Bonchev–Trinajstić information content (AvgIpc) is 2.92. The molecule has 0 spiro atoms. The Labute approximate surface area is 207 Å². The maximum Gasteiger partial charge on any atom is 0.227 e. The fourth-order valence-electron chi connectivity index (χ4n) is 4.43. The third-order valence-corrected chi connectivity index (χ3v) is 6.44. The summed E-state index contributed by atoms with van der Waals surface area (Å²) in [4.78, 5) is 29.8. The lowest BCUT2D eigenvalue weighted by molar-refractivity contribution is -0.132. The van der Waals surface area contributed by atoms with Crippen molar-refractivity contribution in [2.75, 3.05) is 39.8 Å². The predicted molar refractivity (Wildman–Crippen MR) is 137 cm³/mol. The first-order valence-corrected chi connectivity index (χ1v) is 12.1. The van der Waals surface area contributed by atoms with Gasteiger partial charge in [0, 0.05) is 39.1 Å². The number of nitrogens with zero attached hydrogens (tertiary/aromatic N) is 2. The Morgan fingerprint density at radius 2 is 1.49 bits per heavy atom. The normalized spacial score (nSPS) is 14.1. The fourth-order valence-corrected chi connectivity index (χ4v) is 4.43. The van der Waals surface area contributed by atoms with Crippen molar-refractivity contribution >= 4 is 11.8 Å². The van der Waals surface area contributed by atoms with Crippen LogP contribution >= 0.6 is 0 Å². The summed E-state index contributed by atoms with van der Waals surface area (Å²) in [6.45, 7) is 3.60. The topological polar surface area (TPSA) is 61.9 Å². The maximum absolute atomic E-state index is 12.9. The molecule has 1 heterocycles. The van der Waals surface area contributed by atoms with Crippen molar-refractivity contribution in [3.05, 3.63) is 102 Å². The number of piperazine rings is 1. The van der Waals surface area contributed by atoms with Crippen LogP contribution in [0.2, 0.25) is 0 Å². The molecule has 0 radical (unpaired) electrons. The highest BCUT2D eigenvalue weighted by Gasteiger charge is 2.22. The minimum absolute atomic E-state index is 0.0271. The number of hydrogen-bond donors (Lipinski definition) is 1. The molecule has 1 aliphatic heterocycles. The van der Waals surface area contributed by atoms with Crippen LogP contribution in [0.1, 0.15) is 29.2 Å². The maximum atomic E-state index is 12.9. The summed E-state index contributed by atoms with van der Waals surface area (Å²) in [5.74, 6) is 0.920. The van der Waals surface area contributed by atoms with Gasteiger partial charge in [0.05, 0.1) is 19.6 Å². The van der Waals surface area contributed by atoms with Gasteiger partial charge in [0.1, 0.15) is 5.75 Å². The lowest BCUT2D eigenvalue weighted by Crippen LogP contribution is -2.49. The zero-order valence-electron chi connectivity index (χ0n) is 20.2. The quantitative estimate of drug-likeness (QED) is 0.517. The summed E-state index contributed by atoms with van der Waals surface area (Å²) in [7, 11) is 1.63. The molecule has 0 unspecified atom stereocenters. The summed E-state index contributed by atoms with van der Waals surface area (Å²) in [6, 6.07) is 27.6. The minimum Gasteiger partial charge on any atom is -0.497 e. The Hall–Kier alpha value is -3.64. The van der Waals surface area contributed by atoms with Crippen LogP contribution < -0.4 is 10.1 Å². The number of nitrogens with one attached hydrogen (secondary N) is 1. The Balaban J connectivity index is 1.25. The van der Waals surface area contributed by atoms with Crippen molar-refractivity contribution in [2.24, 2.45) is 0 Å². The highest BCUT2D eigenvalue weighted by molar-refractivity contribution is 5.79. The summed E-state index contributed by atoms with van der Waals surface area (Å²) < 4.78 is 5.25. The fraction of sp³-hybridized carbons (Fsp3) is 0.310. The predicted octanol–water partition coefficient (Wildman–Crippen LogP) is 3.68. The van der Waals surface area contributed by atoms with E-state index in [1.807, 2.05) is 89.8 Å². The number of amides is 2. The van der Waals surface area contributed by atoms with Crippen LogP contribution in [0, 0.1) is 0 Å². The Morgan fingerprint density at radius 3 is 2.09 bits per heavy atom. The Morgan fingerprint density at radius 1 is 0.857 bits per heavy atom. The molecule has 0 aromatic heterocycles. The van der Waals surface area contributed by atoms with Gasteiger partial charge in [-0.1, -0.05) is 72.8 Å². The number of rotatable bonds is 9. The van der Waals surface area contributed by atoms with Gasteiger partial charge in [-0.25, -0.2) is 0 Å². The van der Waals surface area contributed by atoms with Crippen molar-refractivity contribution in [3.8, 4) is 5.75 Å². The van der Waals surface area contributed by atoms with Gasteiger partial charge in [0.2, 0.25) is 11.8 Å². The van der Waals surface area contributed by atoms with Crippen LogP contribution in [-0.4, -0.2) is 61.4 Å². The van der Waals surface area contributed by atoms with Gasteiger partial charge < -0.3 is 15.0 Å². The zero-order chi connectivity index (χ0) is 24.5. The van der Waals surface area contributed by atoms with Gasteiger partial charge in [-0.05, 0) is 28.8 Å². The van der Waals surface area contributed by atoms with E-state index in [4.69, 9.17) is 4.74 Å². The average molecular weight is 472 g/mol. The van der Waals surface area contributed by atoms with Crippen LogP contribution in [-0.2, 0) is 16.0 Å². The highest BCUT2D eigenvalue weighted by atomic mass is 16.5. The van der Waals surface area contributed by atoms with Crippen LogP contribution in [0.3, 0.4) is 0 Å². The van der Waals surface area contributed by atoms with Crippen molar-refractivity contribution in [3.63, 3.8) is 0 Å². The molecule has 1 saturated heterocycles. The molecule has 3 aromatic carbocycles. The van der Waals surface area contributed by atoms with Gasteiger partial charge in [-0.3, -0.25) is 14.5 Å². The molecule has 0 aliphatic carbocycles. The summed E-state index contributed by atoms with van der Waals surface area (Å²) in [5, 5.41) is 3.21. The lowest BCUT2D eigenvalue weighted by atomic mass is 9.98. The molecule has 35 heavy (non-hydrogen) atoms. The van der Waals surface area contributed by atoms with Gasteiger partial charge in [0.15, 0.2) is 0 Å². The number of hydrogen-bond acceptors (Lipinski definition) is 4. The first-order chi connectivity index (χ1) is 17.1. The molecule has 2 amide bonds. The monoisotopic (exact) mass is 471 g/mol. The van der Waals surface area contributed by atoms with Crippen molar-refractivity contribution < 1.29 is 14.3 Å². The van der Waals surface area contributed by atoms with Gasteiger partial charge in [0.25, 0.3) is 0 Å². The van der Waals surface area contributed by atoms with E-state index >= 15 is 0 Å². The van der Waals surface area contributed by atoms with Crippen molar-refractivity contribution in [2.45, 2.75) is 18.9 Å². The van der Waals surface area contributed by atoms with E-state index in [2.05, 4.69) is 10.2 Å². The smallest absolute Gasteiger partial charge is 0.227 e. The first-order valence-electron chi connectivity index (χ1n) is 12.1. The second kappa shape index (κ2) is 12.2. The third-order valence-electron chi connectivity index (χ3n) is 6.44. The molecule has 0 atom stereocenters.